The van der Waals surface area contributed by atoms with Crippen molar-refractivity contribution in [2.24, 2.45) is 0 Å². The molecule has 1 aliphatic carbocycles. The van der Waals surface area contributed by atoms with Crippen LogP contribution in [0.15, 0.2) is 78.9 Å². The third kappa shape index (κ3) is 4.95. The highest BCUT2D eigenvalue weighted by Gasteiger charge is 2.17. The Balaban J connectivity index is 1.42. The molecule has 0 saturated heterocycles. The van der Waals surface area contributed by atoms with Crippen LogP contribution < -0.4 is 5.32 Å². The zero-order valence-electron chi connectivity index (χ0n) is 17.0. The Morgan fingerprint density at radius 1 is 0.833 bits per heavy atom. The lowest BCUT2D eigenvalue weighted by molar-refractivity contribution is -0.354. The minimum absolute atomic E-state index is 0.0635. The summed E-state index contributed by atoms with van der Waals surface area (Å²) >= 11 is 0. The molecule has 4 rings (SSSR count). The van der Waals surface area contributed by atoms with E-state index in [2.05, 4.69) is 17.4 Å². The first-order valence-electron chi connectivity index (χ1n) is 10.6. The Morgan fingerprint density at radius 3 is 2.13 bits per heavy atom. The van der Waals surface area contributed by atoms with Gasteiger partial charge in [0.15, 0.2) is 6.21 Å². The van der Waals surface area contributed by atoms with Crippen LogP contribution in [0.1, 0.15) is 48.0 Å². The second-order valence-corrected chi connectivity index (χ2v) is 7.80. The maximum Gasteiger partial charge on any atom is 0.251 e. The van der Waals surface area contributed by atoms with Gasteiger partial charge in [-0.1, -0.05) is 61.7 Å². The Hall–Kier alpha value is -3.40. The normalized spacial score (nSPS) is 15.0. The third-order valence-corrected chi connectivity index (χ3v) is 5.61. The van der Waals surface area contributed by atoms with Crippen molar-refractivity contribution in [1.29, 1.82) is 0 Å². The monoisotopic (exact) mass is 398 g/mol. The fourth-order valence-electron chi connectivity index (χ4n) is 3.88. The van der Waals surface area contributed by atoms with Crippen LogP contribution in [0.3, 0.4) is 0 Å². The lowest BCUT2D eigenvalue weighted by Crippen LogP contribution is -2.36. The summed E-state index contributed by atoms with van der Waals surface area (Å²) in [7, 11) is 0. The maximum atomic E-state index is 12.5. The van der Waals surface area contributed by atoms with Crippen molar-refractivity contribution in [1.82, 2.24) is 5.32 Å². The van der Waals surface area contributed by atoms with Crippen molar-refractivity contribution in [2.45, 2.75) is 38.1 Å². The van der Waals surface area contributed by atoms with Crippen LogP contribution in [0, 0.1) is 5.21 Å². The Bertz CT molecular complexity index is 1000. The first kappa shape index (κ1) is 19.9. The smallest absolute Gasteiger partial charge is 0.251 e. The average molecular weight is 399 g/mol. The predicted molar refractivity (Wildman–Crippen MR) is 121 cm³/mol. The molecule has 1 fully saturated rings. The molecule has 0 unspecified atom stereocenters. The molecular weight excluding hydrogens is 372 g/mol. The number of carbonyl (C=O) groups excluding carboxylic acids is 1. The van der Waals surface area contributed by atoms with Gasteiger partial charge in [-0.15, -0.1) is 0 Å². The topological polar surface area (TPSA) is 55.2 Å². The average Bonchev–Trinajstić information content (AvgIpc) is 2.81. The van der Waals surface area contributed by atoms with Gasteiger partial charge >= 0.3 is 0 Å². The molecule has 0 spiro atoms. The fraction of sp³-hybridized carbons (Fsp3) is 0.231. The number of nitrogens with one attached hydrogen (secondary N) is 1. The highest BCUT2D eigenvalue weighted by atomic mass is 16.5. The fourth-order valence-corrected chi connectivity index (χ4v) is 3.88. The van der Waals surface area contributed by atoms with Crippen molar-refractivity contribution in [3.05, 3.63) is 95.2 Å². The van der Waals surface area contributed by atoms with Crippen LogP contribution in [-0.4, -0.2) is 22.9 Å². The van der Waals surface area contributed by atoms with Crippen LogP contribution in [0.25, 0.3) is 11.1 Å². The van der Waals surface area contributed by atoms with E-state index in [9.17, 15) is 10.0 Å². The summed E-state index contributed by atoms with van der Waals surface area (Å²) in [4.78, 5) is 12.4. The van der Waals surface area contributed by atoms with Gasteiger partial charge in [0.1, 0.15) is 0 Å². The van der Waals surface area contributed by atoms with E-state index < -0.39 is 0 Å². The van der Waals surface area contributed by atoms with Crippen LogP contribution in [0.5, 0.6) is 0 Å². The number of hydrogen-bond acceptors (Lipinski definition) is 2. The Labute approximate surface area is 177 Å². The van der Waals surface area contributed by atoms with Gasteiger partial charge in [0.2, 0.25) is 5.69 Å². The minimum Gasteiger partial charge on any atom is -0.618 e. The minimum atomic E-state index is -0.0635. The predicted octanol–water partition coefficient (Wildman–Crippen LogP) is 5.68. The summed E-state index contributed by atoms with van der Waals surface area (Å²) in [5.41, 5.74) is 4.16. The summed E-state index contributed by atoms with van der Waals surface area (Å²) in [6.07, 6.45) is 7.26. The summed E-state index contributed by atoms with van der Waals surface area (Å²) in [6, 6.07) is 25.1. The van der Waals surface area contributed by atoms with Crippen LogP contribution in [0.4, 0.5) is 5.69 Å². The summed E-state index contributed by atoms with van der Waals surface area (Å²) in [5.74, 6) is -0.0635. The first-order chi connectivity index (χ1) is 14.7. The number of carbonyl (C=O) groups is 1. The lowest BCUT2D eigenvalue weighted by Gasteiger charge is -2.22. The van der Waals surface area contributed by atoms with Crippen molar-refractivity contribution < 1.29 is 9.53 Å². The van der Waals surface area contributed by atoms with E-state index in [-0.39, 0.29) is 11.9 Å². The third-order valence-electron chi connectivity index (χ3n) is 5.61. The highest BCUT2D eigenvalue weighted by molar-refractivity contribution is 5.94. The quantitative estimate of drug-likeness (QED) is 0.260. The van der Waals surface area contributed by atoms with Gasteiger partial charge < -0.3 is 10.5 Å². The van der Waals surface area contributed by atoms with Gasteiger partial charge in [-0.05, 0) is 48.2 Å². The van der Waals surface area contributed by atoms with Gasteiger partial charge in [-0.3, -0.25) is 4.79 Å². The van der Waals surface area contributed by atoms with E-state index in [1.165, 1.54) is 19.3 Å². The maximum absolute atomic E-state index is 12.5. The van der Waals surface area contributed by atoms with Crippen LogP contribution in [0.2, 0.25) is 0 Å². The highest BCUT2D eigenvalue weighted by Crippen LogP contribution is 2.20. The Morgan fingerprint density at radius 2 is 1.47 bits per heavy atom. The van der Waals surface area contributed by atoms with Gasteiger partial charge in [-0.25, -0.2) is 0 Å². The molecule has 3 aromatic carbocycles. The molecule has 3 aromatic rings. The largest absolute Gasteiger partial charge is 0.618 e. The molecule has 0 atom stereocenters. The molecule has 1 saturated carbocycles. The molecule has 0 radical (unpaired) electrons. The zero-order chi connectivity index (χ0) is 20.8. The van der Waals surface area contributed by atoms with E-state index >= 15 is 0 Å². The standard InChI is InChI=1S/C26H26N2O2/c29-26(27-24-9-5-2-6-10-24)23-15-17-25(18-16-23)28(30)19-20-11-13-22(14-12-20)21-7-3-1-4-8-21/h1,3-4,7-8,11-19,24H,2,5-6,9-10H2,(H,27,29)/b28-19+. The molecule has 152 valence electrons. The molecule has 4 nitrogen and oxygen atoms in total. The molecule has 1 amide bonds. The number of hydrogen-bond donors (Lipinski definition) is 1. The molecule has 0 bridgehead atoms. The molecule has 30 heavy (non-hydrogen) atoms. The molecule has 0 heterocycles. The molecule has 1 N–H and O–H groups in total. The number of amides is 1. The van der Waals surface area contributed by atoms with Crippen LogP contribution >= 0.6 is 0 Å². The summed E-state index contributed by atoms with van der Waals surface area (Å²) in [6.45, 7) is 0. The van der Waals surface area contributed by atoms with Gasteiger partial charge in [-0.2, -0.15) is 4.74 Å². The molecular formula is C26H26N2O2. The Kier molecular flexibility index (Phi) is 6.23. The van der Waals surface area contributed by atoms with Crippen molar-refractivity contribution >= 4 is 17.8 Å². The van der Waals surface area contributed by atoms with E-state index in [4.69, 9.17) is 0 Å². The van der Waals surface area contributed by atoms with Crippen LogP contribution in [-0.2, 0) is 0 Å². The molecule has 1 aliphatic rings. The second kappa shape index (κ2) is 9.40. The number of nitrogens with zero attached hydrogens (tertiary/aromatic N) is 1. The van der Waals surface area contributed by atoms with Gasteiger partial charge in [0.25, 0.3) is 5.91 Å². The van der Waals surface area contributed by atoms with Crippen molar-refractivity contribution in [3.8, 4) is 11.1 Å². The van der Waals surface area contributed by atoms with Crippen molar-refractivity contribution in [3.63, 3.8) is 0 Å². The van der Waals surface area contributed by atoms with Gasteiger partial charge in [0, 0.05) is 29.3 Å². The summed E-state index contributed by atoms with van der Waals surface area (Å²) in [5, 5.41) is 15.6. The molecule has 0 aliphatic heterocycles. The summed E-state index contributed by atoms with van der Waals surface area (Å²) < 4.78 is 0.834. The zero-order valence-corrected chi connectivity index (χ0v) is 17.0. The number of rotatable bonds is 5. The lowest BCUT2D eigenvalue weighted by atomic mass is 9.95. The van der Waals surface area contributed by atoms with E-state index in [1.807, 2.05) is 42.5 Å². The molecule has 4 heteroatoms. The van der Waals surface area contributed by atoms with Gasteiger partial charge in [0.05, 0.1) is 0 Å². The second-order valence-electron chi connectivity index (χ2n) is 7.80. The van der Waals surface area contributed by atoms with E-state index in [0.717, 1.165) is 34.3 Å². The van der Waals surface area contributed by atoms with E-state index in [1.54, 1.807) is 30.5 Å². The van der Waals surface area contributed by atoms with Crippen molar-refractivity contribution in [2.75, 3.05) is 0 Å². The number of benzene rings is 3. The molecule has 0 aromatic heterocycles. The first-order valence-corrected chi connectivity index (χ1v) is 10.6. The SMILES string of the molecule is O=C(NC1CCCCC1)c1ccc(/[N+]([O-])=C\c2ccc(-c3ccccc3)cc2)cc1. The van der Waals surface area contributed by atoms with E-state index in [0.29, 0.717) is 11.3 Å².